The van der Waals surface area contributed by atoms with Crippen LogP contribution in [0, 0.1) is 5.41 Å². The highest BCUT2D eigenvalue weighted by atomic mass is 16.2. The van der Waals surface area contributed by atoms with Crippen LogP contribution in [0.25, 0.3) is 0 Å². The maximum atomic E-state index is 12.1. The molecule has 1 aliphatic rings. The van der Waals surface area contributed by atoms with Gasteiger partial charge in [0.15, 0.2) is 0 Å². The standard InChI is InChI=1S/C15H22N2O/c1-15(2,3)9-12-14(18)17-13(10-16-12)11-7-5-4-6-8-11/h4-8,12-13,16H,9-10H2,1-3H3,(H,17,18)/t12-,13+/m0/s1. The van der Waals surface area contributed by atoms with E-state index < -0.39 is 0 Å². The molecule has 1 aliphatic heterocycles. The summed E-state index contributed by atoms with van der Waals surface area (Å²) >= 11 is 0. The van der Waals surface area contributed by atoms with E-state index in [0.29, 0.717) is 0 Å². The molecule has 0 saturated carbocycles. The molecule has 1 aromatic rings. The first-order valence-corrected chi connectivity index (χ1v) is 6.54. The van der Waals surface area contributed by atoms with Crippen molar-refractivity contribution < 1.29 is 4.79 Å². The van der Waals surface area contributed by atoms with E-state index in [2.05, 4.69) is 43.5 Å². The molecule has 2 atom stereocenters. The Morgan fingerprint density at radius 3 is 2.44 bits per heavy atom. The Hall–Kier alpha value is -1.35. The van der Waals surface area contributed by atoms with Crippen molar-refractivity contribution in [1.82, 2.24) is 10.6 Å². The number of carbonyl (C=O) groups excluding carboxylic acids is 1. The number of amides is 1. The maximum absolute atomic E-state index is 12.1. The van der Waals surface area contributed by atoms with Crippen LogP contribution in [0.5, 0.6) is 0 Å². The van der Waals surface area contributed by atoms with Crippen LogP contribution in [-0.4, -0.2) is 18.5 Å². The number of rotatable bonds is 2. The van der Waals surface area contributed by atoms with Crippen LogP contribution in [-0.2, 0) is 4.79 Å². The number of piperazine rings is 1. The Balaban J connectivity index is 1.99. The average Bonchev–Trinajstić information content (AvgIpc) is 2.31. The first-order valence-electron chi connectivity index (χ1n) is 6.54. The fourth-order valence-electron chi connectivity index (χ4n) is 2.34. The van der Waals surface area contributed by atoms with Crippen molar-refractivity contribution in [3.63, 3.8) is 0 Å². The molecule has 18 heavy (non-hydrogen) atoms. The van der Waals surface area contributed by atoms with Crippen molar-refractivity contribution in [2.24, 2.45) is 5.41 Å². The van der Waals surface area contributed by atoms with Gasteiger partial charge in [0.05, 0.1) is 12.1 Å². The smallest absolute Gasteiger partial charge is 0.237 e. The van der Waals surface area contributed by atoms with Crippen molar-refractivity contribution >= 4 is 5.91 Å². The molecule has 0 aromatic heterocycles. The second-order valence-corrected chi connectivity index (χ2v) is 6.20. The van der Waals surface area contributed by atoms with E-state index in [4.69, 9.17) is 0 Å². The lowest BCUT2D eigenvalue weighted by atomic mass is 9.86. The fourth-order valence-corrected chi connectivity index (χ4v) is 2.34. The lowest BCUT2D eigenvalue weighted by Gasteiger charge is -2.33. The average molecular weight is 246 g/mol. The maximum Gasteiger partial charge on any atom is 0.237 e. The predicted octanol–water partition coefficient (Wildman–Crippen LogP) is 2.25. The molecular weight excluding hydrogens is 224 g/mol. The molecule has 3 nitrogen and oxygen atoms in total. The van der Waals surface area contributed by atoms with Gasteiger partial charge in [-0.15, -0.1) is 0 Å². The van der Waals surface area contributed by atoms with Crippen LogP contribution in [0.15, 0.2) is 30.3 Å². The number of benzene rings is 1. The van der Waals surface area contributed by atoms with E-state index in [1.807, 2.05) is 18.2 Å². The van der Waals surface area contributed by atoms with Gasteiger partial charge in [0, 0.05) is 6.54 Å². The molecule has 1 fully saturated rings. The normalized spacial score (nSPS) is 24.7. The highest BCUT2D eigenvalue weighted by Gasteiger charge is 2.30. The summed E-state index contributed by atoms with van der Waals surface area (Å²) in [5.74, 6) is 0.116. The number of hydrogen-bond donors (Lipinski definition) is 2. The Bertz CT molecular complexity index is 408. The van der Waals surface area contributed by atoms with Crippen LogP contribution in [0.1, 0.15) is 38.8 Å². The third-order valence-corrected chi connectivity index (χ3v) is 3.22. The predicted molar refractivity (Wildman–Crippen MR) is 73.2 cm³/mol. The van der Waals surface area contributed by atoms with Gasteiger partial charge < -0.3 is 10.6 Å². The zero-order chi connectivity index (χ0) is 13.2. The zero-order valence-corrected chi connectivity index (χ0v) is 11.4. The van der Waals surface area contributed by atoms with Gasteiger partial charge in [0.1, 0.15) is 0 Å². The van der Waals surface area contributed by atoms with E-state index in [9.17, 15) is 4.79 Å². The van der Waals surface area contributed by atoms with E-state index >= 15 is 0 Å². The van der Waals surface area contributed by atoms with Gasteiger partial charge in [0.2, 0.25) is 5.91 Å². The summed E-state index contributed by atoms with van der Waals surface area (Å²) in [5.41, 5.74) is 1.32. The largest absolute Gasteiger partial charge is 0.347 e. The van der Waals surface area contributed by atoms with Gasteiger partial charge in [0.25, 0.3) is 0 Å². The number of carbonyl (C=O) groups is 1. The second kappa shape index (κ2) is 5.11. The molecule has 1 amide bonds. The quantitative estimate of drug-likeness (QED) is 0.840. The molecule has 3 heteroatoms. The van der Waals surface area contributed by atoms with Gasteiger partial charge in [-0.2, -0.15) is 0 Å². The van der Waals surface area contributed by atoms with E-state index in [1.54, 1.807) is 0 Å². The summed E-state index contributed by atoms with van der Waals surface area (Å²) in [6.45, 7) is 7.28. The third-order valence-electron chi connectivity index (χ3n) is 3.22. The minimum Gasteiger partial charge on any atom is -0.347 e. The SMILES string of the molecule is CC(C)(C)C[C@@H]1NC[C@H](c2ccccc2)NC1=O. The second-order valence-electron chi connectivity index (χ2n) is 6.20. The van der Waals surface area contributed by atoms with Crippen LogP contribution >= 0.6 is 0 Å². The van der Waals surface area contributed by atoms with Gasteiger partial charge in [-0.1, -0.05) is 51.1 Å². The molecule has 2 N–H and O–H groups in total. The van der Waals surface area contributed by atoms with Crippen LogP contribution in [0.4, 0.5) is 0 Å². The zero-order valence-electron chi connectivity index (χ0n) is 11.4. The van der Waals surface area contributed by atoms with E-state index in [-0.39, 0.29) is 23.4 Å². The van der Waals surface area contributed by atoms with E-state index in [0.717, 1.165) is 18.5 Å². The highest BCUT2D eigenvalue weighted by Crippen LogP contribution is 2.23. The molecule has 1 heterocycles. The topological polar surface area (TPSA) is 41.1 Å². The molecular formula is C15H22N2O. The molecule has 0 radical (unpaired) electrons. The molecule has 0 unspecified atom stereocenters. The Morgan fingerprint density at radius 1 is 1.22 bits per heavy atom. The van der Waals surface area contributed by atoms with Crippen LogP contribution in [0.3, 0.4) is 0 Å². The summed E-state index contributed by atoms with van der Waals surface area (Å²) in [7, 11) is 0. The molecule has 0 bridgehead atoms. The first kappa shape index (κ1) is 13.1. The van der Waals surface area contributed by atoms with Crippen molar-refractivity contribution in [1.29, 1.82) is 0 Å². The summed E-state index contributed by atoms with van der Waals surface area (Å²) in [4.78, 5) is 12.1. The van der Waals surface area contributed by atoms with E-state index in [1.165, 1.54) is 0 Å². The van der Waals surface area contributed by atoms with Crippen molar-refractivity contribution in [3.8, 4) is 0 Å². The molecule has 1 saturated heterocycles. The molecule has 2 rings (SSSR count). The molecule has 0 aliphatic carbocycles. The van der Waals surface area contributed by atoms with Crippen molar-refractivity contribution in [2.75, 3.05) is 6.54 Å². The van der Waals surface area contributed by atoms with Gasteiger partial charge in [-0.25, -0.2) is 0 Å². The van der Waals surface area contributed by atoms with Crippen LogP contribution in [0.2, 0.25) is 0 Å². The lowest BCUT2D eigenvalue weighted by Crippen LogP contribution is -2.55. The lowest BCUT2D eigenvalue weighted by molar-refractivity contribution is -0.126. The molecule has 98 valence electrons. The van der Waals surface area contributed by atoms with Crippen molar-refractivity contribution in [2.45, 2.75) is 39.3 Å². The summed E-state index contributed by atoms with van der Waals surface area (Å²) in [6.07, 6.45) is 0.861. The Morgan fingerprint density at radius 2 is 1.89 bits per heavy atom. The monoisotopic (exact) mass is 246 g/mol. The van der Waals surface area contributed by atoms with Crippen LogP contribution < -0.4 is 10.6 Å². The minimum atomic E-state index is -0.0648. The van der Waals surface area contributed by atoms with Crippen molar-refractivity contribution in [3.05, 3.63) is 35.9 Å². The Labute approximate surface area is 109 Å². The van der Waals surface area contributed by atoms with Gasteiger partial charge in [-0.3, -0.25) is 4.79 Å². The highest BCUT2D eigenvalue weighted by molar-refractivity contribution is 5.83. The fraction of sp³-hybridized carbons (Fsp3) is 0.533. The summed E-state index contributed by atoms with van der Waals surface area (Å²) in [6, 6.07) is 10.1. The first-order chi connectivity index (χ1) is 8.46. The summed E-state index contributed by atoms with van der Waals surface area (Å²) in [5, 5.41) is 6.47. The summed E-state index contributed by atoms with van der Waals surface area (Å²) < 4.78 is 0. The third kappa shape index (κ3) is 3.33. The Kier molecular flexibility index (Phi) is 3.71. The number of nitrogens with one attached hydrogen (secondary N) is 2. The van der Waals surface area contributed by atoms with Gasteiger partial charge in [-0.05, 0) is 17.4 Å². The minimum absolute atomic E-state index is 0.0648. The van der Waals surface area contributed by atoms with Gasteiger partial charge >= 0.3 is 0 Å². The number of hydrogen-bond acceptors (Lipinski definition) is 2. The molecule has 0 spiro atoms. The molecule has 1 aromatic carbocycles.